The Hall–Kier alpha value is -0.664. The Morgan fingerprint density at radius 2 is 2.00 bits per heavy atom. The summed E-state index contributed by atoms with van der Waals surface area (Å²) in [6.45, 7) is 11.5. The maximum atomic E-state index is 10.4. The SMILES string of the molecule is CN=c1on([C-]=O)c(C)c1C(C)C.[CH2-]c1cccc(C)n1.[K+]. The molecule has 0 radical (unpaired) electrons. The van der Waals surface area contributed by atoms with Crippen molar-refractivity contribution in [2.75, 3.05) is 7.05 Å². The van der Waals surface area contributed by atoms with Crippen molar-refractivity contribution >= 4 is 6.41 Å². The van der Waals surface area contributed by atoms with E-state index in [1.165, 1.54) is 0 Å². The Kier molecular flexibility index (Phi) is 9.87. The minimum Gasteiger partial charge on any atom is -0.395 e. The zero-order valence-corrected chi connectivity index (χ0v) is 17.3. The van der Waals surface area contributed by atoms with E-state index in [0.717, 1.165) is 27.4 Å². The molecule has 6 heteroatoms. The number of rotatable bonds is 2. The fourth-order valence-corrected chi connectivity index (χ4v) is 1.98. The number of hydrogen-bond donors (Lipinski definition) is 0. The zero-order valence-electron chi connectivity index (χ0n) is 14.2. The minimum atomic E-state index is 0. The summed E-state index contributed by atoms with van der Waals surface area (Å²) in [6, 6.07) is 5.78. The van der Waals surface area contributed by atoms with Crippen molar-refractivity contribution in [3.8, 4) is 0 Å². The van der Waals surface area contributed by atoms with Gasteiger partial charge in [0.05, 0.1) is 0 Å². The first-order valence-corrected chi connectivity index (χ1v) is 6.70. The molecule has 0 fully saturated rings. The fourth-order valence-electron chi connectivity index (χ4n) is 1.98. The molecule has 0 N–H and O–H groups in total. The molecule has 0 saturated heterocycles. The maximum absolute atomic E-state index is 10.4. The Morgan fingerprint density at radius 1 is 1.36 bits per heavy atom. The first kappa shape index (κ1) is 21.3. The van der Waals surface area contributed by atoms with E-state index < -0.39 is 0 Å². The second kappa shape index (κ2) is 10.2. The molecular weight excluding hydrogens is 305 g/mol. The van der Waals surface area contributed by atoms with Crippen molar-refractivity contribution in [1.29, 1.82) is 0 Å². The molecular formula is C16H21KN3O2-. The van der Waals surface area contributed by atoms with Gasteiger partial charge in [-0.3, -0.25) is 9.98 Å². The van der Waals surface area contributed by atoms with Gasteiger partial charge in [-0.15, -0.1) is 11.8 Å². The van der Waals surface area contributed by atoms with Gasteiger partial charge in [0.1, 0.15) is 6.41 Å². The molecule has 0 amide bonds. The zero-order chi connectivity index (χ0) is 16.0. The van der Waals surface area contributed by atoms with Gasteiger partial charge in [0.2, 0.25) is 5.55 Å². The van der Waals surface area contributed by atoms with Gasteiger partial charge in [-0.25, -0.2) is 6.92 Å². The van der Waals surface area contributed by atoms with E-state index in [9.17, 15) is 4.79 Å². The van der Waals surface area contributed by atoms with Gasteiger partial charge in [0.15, 0.2) is 0 Å². The number of pyridine rings is 1. The largest absolute Gasteiger partial charge is 1.00 e. The van der Waals surface area contributed by atoms with Crippen molar-refractivity contribution in [2.24, 2.45) is 4.99 Å². The van der Waals surface area contributed by atoms with Crippen LogP contribution in [-0.4, -0.2) is 23.2 Å². The molecule has 22 heavy (non-hydrogen) atoms. The molecule has 0 aliphatic heterocycles. The summed E-state index contributed by atoms with van der Waals surface area (Å²) < 4.78 is 6.21. The van der Waals surface area contributed by atoms with E-state index >= 15 is 0 Å². The van der Waals surface area contributed by atoms with Gasteiger partial charge in [-0.05, 0) is 18.4 Å². The number of hydrogen-bond acceptors (Lipinski definition) is 4. The van der Waals surface area contributed by atoms with Crippen LogP contribution in [0.4, 0.5) is 0 Å². The van der Waals surface area contributed by atoms with Crippen LogP contribution in [0.25, 0.3) is 0 Å². The molecule has 0 aromatic carbocycles. The molecule has 2 rings (SSSR count). The van der Waals surface area contributed by atoms with Gasteiger partial charge in [0, 0.05) is 12.7 Å². The standard InChI is InChI=1S/C9H13N2O2.C7H8N.K/c1-6(2)8-7(3)11(5-12)13-9(8)10-4;1-6-4-3-5-7(2)8-6;/h6H,1-4H3;3-5H,1H2,2H3;/q2*-1;+1. The molecule has 0 aliphatic carbocycles. The van der Waals surface area contributed by atoms with Gasteiger partial charge < -0.3 is 14.1 Å². The third-order valence-electron chi connectivity index (χ3n) is 2.91. The van der Waals surface area contributed by atoms with Gasteiger partial charge in [0.25, 0.3) is 0 Å². The van der Waals surface area contributed by atoms with Crippen molar-refractivity contribution in [3.63, 3.8) is 0 Å². The Morgan fingerprint density at radius 3 is 2.32 bits per heavy atom. The summed E-state index contributed by atoms with van der Waals surface area (Å²) in [4.78, 5) is 18.5. The number of nitrogens with zero attached hydrogens (tertiary/aromatic N) is 3. The molecule has 2 heterocycles. The quantitative estimate of drug-likeness (QED) is 0.554. The van der Waals surface area contributed by atoms with Crippen molar-refractivity contribution in [1.82, 2.24) is 9.72 Å². The maximum Gasteiger partial charge on any atom is 1.00 e. The molecule has 114 valence electrons. The summed E-state index contributed by atoms with van der Waals surface area (Å²) in [5, 5.41) is 0. The van der Waals surface area contributed by atoms with Crippen LogP contribution < -0.4 is 56.9 Å². The topological polar surface area (TPSA) is 60.4 Å². The van der Waals surface area contributed by atoms with E-state index in [1.807, 2.05) is 45.9 Å². The second-order valence-electron chi connectivity index (χ2n) is 4.93. The molecule has 0 atom stereocenters. The van der Waals surface area contributed by atoms with Crippen molar-refractivity contribution in [3.05, 3.63) is 53.3 Å². The average molecular weight is 326 g/mol. The molecule has 0 bridgehead atoms. The van der Waals surface area contributed by atoms with E-state index in [0.29, 0.717) is 5.55 Å². The minimum absolute atomic E-state index is 0. The molecule has 5 nitrogen and oxygen atoms in total. The number of aryl methyl sites for hydroxylation is 1. The van der Waals surface area contributed by atoms with Gasteiger partial charge in [-0.1, -0.05) is 32.5 Å². The van der Waals surface area contributed by atoms with Crippen LogP contribution in [0.5, 0.6) is 0 Å². The molecule has 0 saturated carbocycles. The Balaban J connectivity index is 0.000000423. The molecule has 0 unspecified atom stereocenters. The summed E-state index contributed by atoms with van der Waals surface area (Å²) in [6.07, 6.45) is 1.69. The average Bonchev–Trinajstić information content (AvgIpc) is 2.75. The Labute approximate surface area is 174 Å². The van der Waals surface area contributed by atoms with Crippen LogP contribution in [0.15, 0.2) is 27.7 Å². The summed E-state index contributed by atoms with van der Waals surface area (Å²) in [7, 11) is 1.64. The first-order valence-electron chi connectivity index (χ1n) is 6.70. The third-order valence-corrected chi connectivity index (χ3v) is 2.91. The van der Waals surface area contributed by atoms with Crippen LogP contribution in [0.1, 0.15) is 42.4 Å². The van der Waals surface area contributed by atoms with Crippen molar-refractivity contribution in [2.45, 2.75) is 33.6 Å². The van der Waals surface area contributed by atoms with Gasteiger partial charge >= 0.3 is 51.4 Å². The second-order valence-corrected chi connectivity index (χ2v) is 4.93. The number of aromatic nitrogens is 2. The third kappa shape index (κ3) is 5.85. The monoisotopic (exact) mass is 326 g/mol. The fraction of sp³-hybridized carbons (Fsp3) is 0.375. The molecule has 0 spiro atoms. The molecule has 2 aromatic heterocycles. The van der Waals surface area contributed by atoms with Crippen molar-refractivity contribution < 1.29 is 60.7 Å². The van der Waals surface area contributed by atoms with Crippen LogP contribution in [0.3, 0.4) is 0 Å². The van der Waals surface area contributed by atoms with E-state index in [-0.39, 0.29) is 57.3 Å². The predicted molar refractivity (Wildman–Crippen MR) is 81.5 cm³/mol. The van der Waals surface area contributed by atoms with E-state index in [1.54, 1.807) is 13.5 Å². The molecule has 0 aliphatic rings. The predicted octanol–water partition coefficient (Wildman–Crippen LogP) is -0.465. The Bertz CT molecular complexity index is 655. The van der Waals surface area contributed by atoms with Crippen LogP contribution in [0, 0.1) is 20.8 Å². The van der Waals surface area contributed by atoms with E-state index in [2.05, 4.69) is 16.9 Å². The van der Waals surface area contributed by atoms with Crippen LogP contribution in [-0.2, 0) is 4.79 Å². The van der Waals surface area contributed by atoms with Gasteiger partial charge in [-0.2, -0.15) is 6.07 Å². The summed E-state index contributed by atoms with van der Waals surface area (Å²) in [5.41, 5.74) is 4.11. The summed E-state index contributed by atoms with van der Waals surface area (Å²) in [5.74, 6) is 0.289. The number of carbonyl (C=O) groups excluding carboxylic acids is 1. The van der Waals surface area contributed by atoms with Crippen LogP contribution >= 0.6 is 0 Å². The van der Waals surface area contributed by atoms with Crippen LogP contribution in [0.2, 0.25) is 0 Å². The molecule has 2 aromatic rings. The smallest absolute Gasteiger partial charge is 0.395 e. The normalized spacial score (nSPS) is 10.7. The van der Waals surface area contributed by atoms with E-state index in [4.69, 9.17) is 4.52 Å². The summed E-state index contributed by atoms with van der Waals surface area (Å²) >= 11 is 0. The first-order chi connectivity index (χ1) is 9.90.